The Morgan fingerprint density at radius 2 is 1.03 bits per heavy atom. The molecule has 0 aliphatic heterocycles. The van der Waals surface area contributed by atoms with E-state index in [1.54, 1.807) is 0 Å². The van der Waals surface area contributed by atoms with Crippen LogP contribution in [0.25, 0.3) is 10.8 Å². The van der Waals surface area contributed by atoms with Crippen molar-refractivity contribution in [2.45, 2.75) is 24.5 Å². The topological polar surface area (TPSA) is 464 Å². The van der Waals surface area contributed by atoms with Crippen molar-refractivity contribution in [2.24, 2.45) is 20.5 Å². The van der Waals surface area contributed by atoms with Crippen LogP contribution in [0.15, 0.2) is 93.5 Å². The van der Waals surface area contributed by atoms with Gasteiger partial charge in [-0.1, -0.05) is 0 Å². The number of fused-ring (bicyclic) bond motifs is 1. The molecule has 0 saturated heterocycles. The molecule has 0 amide bonds. The molecule has 0 spiro atoms. The van der Waals surface area contributed by atoms with E-state index in [-0.39, 0.29) is 11.1 Å². The Morgan fingerprint density at radius 3 is 1.53 bits per heavy atom. The number of ether oxygens (including phenoxy) is 1. The number of phenolic OH excluding ortho intramolecular Hbond substituents is 1. The zero-order valence-electron chi connectivity index (χ0n) is 30.3. The second-order valence-electron chi connectivity index (χ2n) is 11.7. The molecule has 4 aromatic carbocycles. The van der Waals surface area contributed by atoms with Crippen molar-refractivity contribution in [1.82, 2.24) is 0 Å². The number of aromatic hydroxyl groups is 1. The molecule has 35 heteroatoms. The van der Waals surface area contributed by atoms with Gasteiger partial charge in [-0.25, -0.2) is 25.2 Å². The fraction of sp³-hybridized carbons (Fsp3) is 0.185. The highest BCUT2D eigenvalue weighted by molar-refractivity contribution is 7.93. The van der Waals surface area contributed by atoms with E-state index < -0.39 is 160 Å². The van der Waals surface area contributed by atoms with Gasteiger partial charge in [-0.15, -0.1) is 15.3 Å². The molecule has 0 saturated carbocycles. The van der Waals surface area contributed by atoms with Crippen LogP contribution in [-0.2, 0) is 79.2 Å². The summed E-state index contributed by atoms with van der Waals surface area (Å²) in [4.78, 5) is -6.19. The van der Waals surface area contributed by atoms with Gasteiger partial charge in [-0.3, -0.25) is 22.8 Å². The quantitative estimate of drug-likeness (QED) is 0.0425. The van der Waals surface area contributed by atoms with Gasteiger partial charge in [0.1, 0.15) is 37.5 Å². The Labute approximate surface area is 350 Å². The van der Waals surface area contributed by atoms with E-state index in [0.717, 1.165) is 25.3 Å². The van der Waals surface area contributed by atoms with Crippen molar-refractivity contribution >= 4 is 110 Å². The summed E-state index contributed by atoms with van der Waals surface area (Å²) in [6.45, 7) is -2.39. The second kappa shape index (κ2) is 17.7. The van der Waals surface area contributed by atoms with Gasteiger partial charge in [0.15, 0.2) is 25.4 Å². The van der Waals surface area contributed by atoms with E-state index >= 15 is 0 Å². The van der Waals surface area contributed by atoms with Crippen LogP contribution in [0.2, 0.25) is 0 Å². The lowest BCUT2D eigenvalue weighted by Gasteiger charge is -2.13. The first-order chi connectivity index (χ1) is 28.2. The minimum atomic E-state index is -5.49. The summed E-state index contributed by atoms with van der Waals surface area (Å²) < 4.78 is 229. The fourth-order valence-corrected chi connectivity index (χ4v) is 11.3. The van der Waals surface area contributed by atoms with Crippen LogP contribution in [-0.4, -0.2) is 119 Å². The number of methoxy groups -OCH3 is 1. The number of nitrogen functional groups attached to an aromatic ring is 1. The van der Waals surface area contributed by atoms with Gasteiger partial charge in [0.25, 0.3) is 30.4 Å². The van der Waals surface area contributed by atoms with Crippen LogP contribution in [0.4, 0.5) is 28.4 Å². The minimum absolute atomic E-state index is 0.327. The number of sulfone groups is 2. The maximum atomic E-state index is 12.9. The van der Waals surface area contributed by atoms with Crippen molar-refractivity contribution in [1.29, 1.82) is 0 Å². The third kappa shape index (κ3) is 12.2. The third-order valence-electron chi connectivity index (χ3n) is 7.60. The first kappa shape index (κ1) is 49.8. The standard InChI is InChI=1S/C27H27N5O23S7/c1-53-19-13-21(57(36,37)9-7-55-62(50,51)52)23(59(41,42)43)12-18(19)30-32-26-24(60(44,45)46)11-16-15(27(26)33)3-4-17(28)25(16)31-29-14-2-5-20(22(10-14)58(38,39)40)56(34,35)8-6-54-61(47,48)49/h2-5,10-13,33H,6-9,28H2,1H3,(H,38,39,40)(H,41,42,43)(H,44,45,46)(H,47,48,49)(H,50,51,52)/b31-29+,32-30+. The van der Waals surface area contributed by atoms with Crippen molar-refractivity contribution < 1.29 is 99.9 Å². The zero-order valence-corrected chi connectivity index (χ0v) is 36.0. The van der Waals surface area contributed by atoms with E-state index in [1.807, 2.05) is 0 Å². The summed E-state index contributed by atoms with van der Waals surface area (Å²) in [5.41, 5.74) is 2.82. The van der Waals surface area contributed by atoms with E-state index in [1.165, 1.54) is 0 Å². The molecule has 0 aromatic heterocycles. The Bertz CT molecular complexity index is 3360. The molecule has 4 rings (SSSR count). The molecule has 0 atom stereocenters. The molecule has 0 fully saturated rings. The zero-order chi connectivity index (χ0) is 47.0. The lowest BCUT2D eigenvalue weighted by Crippen LogP contribution is -2.18. The van der Waals surface area contributed by atoms with Gasteiger partial charge >= 0.3 is 20.8 Å². The molecular weight excluding hydrogens is 987 g/mol. The SMILES string of the molecule is COc1cc(S(=O)(=O)CCOS(=O)(=O)O)c(S(=O)(=O)O)cc1/N=N/c1c(S(=O)(=O)O)cc2c(/N=N/c3ccc(S(=O)(=O)CCOS(=O)(=O)O)c(S(=O)(=O)O)c3)c(N)ccc2c1O. The molecule has 340 valence electrons. The summed E-state index contributed by atoms with van der Waals surface area (Å²) in [6.07, 6.45) is 0. The van der Waals surface area contributed by atoms with Gasteiger partial charge in [-0.05, 0) is 42.5 Å². The summed E-state index contributed by atoms with van der Waals surface area (Å²) in [6, 6.07) is 5.58. The molecule has 0 heterocycles. The molecular formula is C27H27N5O23S7. The summed E-state index contributed by atoms with van der Waals surface area (Å²) >= 11 is 0. The van der Waals surface area contributed by atoms with Gasteiger partial charge in [0, 0.05) is 16.8 Å². The van der Waals surface area contributed by atoms with Crippen molar-refractivity contribution in [3.05, 3.63) is 48.5 Å². The molecule has 62 heavy (non-hydrogen) atoms. The highest BCUT2D eigenvalue weighted by Gasteiger charge is 2.30. The van der Waals surface area contributed by atoms with E-state index in [9.17, 15) is 77.7 Å². The summed E-state index contributed by atoms with van der Waals surface area (Å²) in [5.74, 6) is -4.24. The van der Waals surface area contributed by atoms with Gasteiger partial charge in [0.05, 0.1) is 53.0 Å². The summed E-state index contributed by atoms with van der Waals surface area (Å²) in [7, 11) is -35.3. The van der Waals surface area contributed by atoms with Crippen LogP contribution < -0.4 is 10.5 Å². The van der Waals surface area contributed by atoms with Gasteiger partial charge in [0.2, 0.25) is 0 Å². The average Bonchev–Trinajstić information content (AvgIpc) is 3.11. The Morgan fingerprint density at radius 1 is 0.532 bits per heavy atom. The number of benzene rings is 4. The number of rotatable bonds is 18. The third-order valence-corrected chi connectivity index (χ3v) is 14.9. The van der Waals surface area contributed by atoms with Crippen molar-refractivity contribution in [2.75, 3.05) is 37.6 Å². The molecule has 0 unspecified atom stereocenters. The highest BCUT2D eigenvalue weighted by Crippen LogP contribution is 2.47. The predicted octanol–water partition coefficient (Wildman–Crippen LogP) is 1.89. The Balaban J connectivity index is 1.87. The lowest BCUT2D eigenvalue weighted by molar-refractivity contribution is 0.282. The van der Waals surface area contributed by atoms with Crippen molar-refractivity contribution in [3.8, 4) is 11.5 Å². The molecule has 4 aromatic rings. The normalized spacial score (nSPS) is 13.6. The maximum Gasteiger partial charge on any atom is 0.397 e. The van der Waals surface area contributed by atoms with Crippen LogP contribution in [0.5, 0.6) is 11.5 Å². The molecule has 0 bridgehead atoms. The van der Waals surface area contributed by atoms with E-state index in [4.69, 9.17) is 19.6 Å². The Hall–Kier alpha value is -4.89. The number of phenols is 1. The summed E-state index contributed by atoms with van der Waals surface area (Å²) in [5, 5.41) is 25.2. The first-order valence-electron chi connectivity index (χ1n) is 15.6. The lowest BCUT2D eigenvalue weighted by atomic mass is 10.1. The minimum Gasteiger partial charge on any atom is -0.505 e. The largest absolute Gasteiger partial charge is 0.505 e. The molecule has 0 radical (unpaired) electrons. The van der Waals surface area contributed by atoms with Crippen molar-refractivity contribution in [3.63, 3.8) is 0 Å². The first-order valence-corrected chi connectivity index (χ1v) is 25.9. The number of hydrogen-bond acceptors (Lipinski definition) is 23. The van der Waals surface area contributed by atoms with E-state index in [0.29, 0.717) is 30.3 Å². The van der Waals surface area contributed by atoms with Crippen LogP contribution in [0.3, 0.4) is 0 Å². The number of anilines is 1. The predicted molar refractivity (Wildman–Crippen MR) is 206 cm³/mol. The van der Waals surface area contributed by atoms with E-state index in [2.05, 4.69) is 28.8 Å². The molecule has 8 N–H and O–H groups in total. The number of hydrogen-bond donors (Lipinski definition) is 7. The van der Waals surface area contributed by atoms with Crippen LogP contribution >= 0.6 is 0 Å². The number of nitrogens with zero attached hydrogens (tertiary/aromatic N) is 4. The number of azo groups is 2. The average molecular weight is 1010 g/mol. The van der Waals surface area contributed by atoms with Crippen LogP contribution in [0.1, 0.15) is 0 Å². The highest BCUT2D eigenvalue weighted by atomic mass is 32.3. The van der Waals surface area contributed by atoms with Gasteiger partial charge in [-0.2, -0.15) is 47.2 Å². The number of nitrogens with two attached hydrogens (primary N) is 1. The second-order valence-corrected chi connectivity index (χ2v) is 22.2. The monoisotopic (exact) mass is 1010 g/mol. The molecule has 0 aliphatic rings. The smallest absolute Gasteiger partial charge is 0.397 e. The van der Waals surface area contributed by atoms with Gasteiger partial charge < -0.3 is 15.6 Å². The molecule has 28 nitrogen and oxygen atoms in total. The fourth-order valence-electron chi connectivity index (χ4n) is 4.99. The van der Waals surface area contributed by atoms with Crippen LogP contribution in [0, 0.1) is 0 Å². The maximum absolute atomic E-state index is 12.9. The Kier molecular flexibility index (Phi) is 14.2. The molecule has 0 aliphatic carbocycles.